The van der Waals surface area contributed by atoms with Crippen molar-refractivity contribution in [2.24, 2.45) is 5.10 Å². The van der Waals surface area contributed by atoms with Crippen molar-refractivity contribution in [3.05, 3.63) is 52.4 Å². The fraction of sp³-hybridized carbons (Fsp3) is 0.316. The Morgan fingerprint density at radius 3 is 2.75 bits per heavy atom. The van der Waals surface area contributed by atoms with Gasteiger partial charge >= 0.3 is 5.97 Å². The fourth-order valence-corrected chi connectivity index (χ4v) is 2.85. The number of nitrogens with zero attached hydrogens (tertiary/aromatic N) is 4. The number of hydrogen-bond donors (Lipinski definition) is 2. The number of hydrogen-bond acceptors (Lipinski definition) is 7. The SMILES string of the molecule is Cc1[nH]c(C=C2C(=O)NN=C2c2cnccn2)c(C)c1C(=O)OCCN(C)C. The molecule has 1 aliphatic heterocycles. The van der Waals surface area contributed by atoms with Crippen molar-refractivity contribution in [2.75, 3.05) is 27.2 Å². The zero-order chi connectivity index (χ0) is 20.3. The molecule has 0 aliphatic carbocycles. The third kappa shape index (κ3) is 3.99. The number of amides is 1. The maximum atomic E-state index is 12.5. The molecule has 2 aromatic rings. The monoisotopic (exact) mass is 382 g/mol. The van der Waals surface area contributed by atoms with E-state index >= 15 is 0 Å². The van der Waals surface area contributed by atoms with Crippen LogP contribution in [0.1, 0.15) is 33.0 Å². The number of carbonyl (C=O) groups excluding carboxylic acids is 2. The number of carbonyl (C=O) groups is 2. The number of ether oxygens (including phenoxy) is 1. The summed E-state index contributed by atoms with van der Waals surface area (Å²) in [6.07, 6.45) is 6.27. The normalized spacial score (nSPS) is 15.1. The van der Waals surface area contributed by atoms with E-state index in [-0.39, 0.29) is 5.91 Å². The standard InChI is InChI=1S/C19H22N6O3/c1-11-14(22-12(2)16(11)19(27)28-8-7-25(3)4)9-13-17(23-24-18(13)26)15-10-20-5-6-21-15/h5-6,9-10,22H,7-8H2,1-4H3,(H,24,26). The Morgan fingerprint density at radius 1 is 1.29 bits per heavy atom. The van der Waals surface area contributed by atoms with Crippen molar-refractivity contribution < 1.29 is 14.3 Å². The number of aryl methyl sites for hydroxylation is 1. The average Bonchev–Trinajstić information content (AvgIpc) is 3.15. The minimum absolute atomic E-state index is 0.304. The van der Waals surface area contributed by atoms with Gasteiger partial charge in [0, 0.05) is 30.3 Å². The molecule has 0 bridgehead atoms. The molecule has 146 valence electrons. The Morgan fingerprint density at radius 2 is 2.07 bits per heavy atom. The highest BCUT2D eigenvalue weighted by Gasteiger charge is 2.27. The number of hydrazone groups is 1. The Bertz CT molecular complexity index is 960. The summed E-state index contributed by atoms with van der Waals surface area (Å²) in [5.41, 5.74) is 6.17. The Labute approximate surface area is 162 Å². The quantitative estimate of drug-likeness (QED) is 0.571. The van der Waals surface area contributed by atoms with Gasteiger partial charge in [0.05, 0.1) is 17.3 Å². The molecule has 0 saturated heterocycles. The third-order valence-electron chi connectivity index (χ3n) is 4.32. The molecule has 0 atom stereocenters. The molecule has 9 heteroatoms. The third-order valence-corrected chi connectivity index (χ3v) is 4.32. The molecular formula is C19H22N6O3. The number of nitrogens with one attached hydrogen (secondary N) is 2. The number of likely N-dealkylation sites (N-methyl/N-ethyl adjacent to an activating group) is 1. The number of aromatic amines is 1. The molecule has 0 radical (unpaired) electrons. The van der Waals surface area contributed by atoms with Gasteiger partial charge in [0.2, 0.25) is 0 Å². The molecule has 0 spiro atoms. The van der Waals surface area contributed by atoms with Crippen LogP contribution >= 0.6 is 0 Å². The topological polar surface area (TPSA) is 113 Å². The first kappa shape index (κ1) is 19.4. The molecule has 2 aromatic heterocycles. The van der Waals surface area contributed by atoms with Crippen molar-refractivity contribution in [3.63, 3.8) is 0 Å². The lowest BCUT2D eigenvalue weighted by molar-refractivity contribution is -0.116. The van der Waals surface area contributed by atoms with E-state index in [1.54, 1.807) is 19.2 Å². The van der Waals surface area contributed by atoms with Crippen LogP contribution in [-0.2, 0) is 9.53 Å². The van der Waals surface area contributed by atoms with Crippen LogP contribution in [0.15, 0.2) is 29.3 Å². The first-order chi connectivity index (χ1) is 13.4. The van der Waals surface area contributed by atoms with Crippen LogP contribution in [0.2, 0.25) is 0 Å². The first-order valence-electron chi connectivity index (χ1n) is 8.76. The smallest absolute Gasteiger partial charge is 0.340 e. The van der Waals surface area contributed by atoms with E-state index in [1.807, 2.05) is 25.9 Å². The molecule has 3 heterocycles. The molecular weight excluding hydrogens is 360 g/mol. The summed E-state index contributed by atoms with van der Waals surface area (Å²) in [7, 11) is 3.82. The Balaban J connectivity index is 1.89. The average molecular weight is 382 g/mol. The van der Waals surface area contributed by atoms with Crippen molar-refractivity contribution in [3.8, 4) is 0 Å². The largest absolute Gasteiger partial charge is 0.461 e. The highest BCUT2D eigenvalue weighted by atomic mass is 16.5. The Kier molecular flexibility index (Phi) is 5.65. The van der Waals surface area contributed by atoms with Crippen LogP contribution < -0.4 is 5.43 Å². The van der Waals surface area contributed by atoms with Gasteiger partial charge in [-0.25, -0.2) is 10.2 Å². The number of aromatic nitrogens is 3. The van der Waals surface area contributed by atoms with Gasteiger partial charge in [-0.2, -0.15) is 5.10 Å². The number of H-pyrrole nitrogens is 1. The summed E-state index contributed by atoms with van der Waals surface area (Å²) >= 11 is 0. The zero-order valence-corrected chi connectivity index (χ0v) is 16.2. The van der Waals surface area contributed by atoms with E-state index in [2.05, 4.69) is 25.5 Å². The molecule has 0 fully saturated rings. The van der Waals surface area contributed by atoms with E-state index in [4.69, 9.17) is 4.74 Å². The lowest BCUT2D eigenvalue weighted by atomic mass is 10.0. The van der Waals surface area contributed by atoms with Crippen LogP contribution in [0.3, 0.4) is 0 Å². The summed E-state index contributed by atoms with van der Waals surface area (Å²) in [6.45, 7) is 4.55. The zero-order valence-electron chi connectivity index (χ0n) is 16.2. The van der Waals surface area contributed by atoms with Crippen LogP contribution in [0.4, 0.5) is 0 Å². The second kappa shape index (κ2) is 8.13. The van der Waals surface area contributed by atoms with Gasteiger partial charge in [0.1, 0.15) is 18.0 Å². The van der Waals surface area contributed by atoms with Crippen molar-refractivity contribution in [2.45, 2.75) is 13.8 Å². The summed E-state index contributed by atoms with van der Waals surface area (Å²) in [5.74, 6) is -0.737. The molecule has 28 heavy (non-hydrogen) atoms. The van der Waals surface area contributed by atoms with E-state index in [1.165, 1.54) is 12.4 Å². The van der Waals surface area contributed by atoms with Crippen molar-refractivity contribution >= 4 is 23.7 Å². The minimum atomic E-state index is -0.392. The van der Waals surface area contributed by atoms with Crippen LogP contribution in [0.25, 0.3) is 6.08 Å². The molecule has 0 unspecified atom stereocenters. The number of esters is 1. The minimum Gasteiger partial charge on any atom is -0.461 e. The van der Waals surface area contributed by atoms with Crippen molar-refractivity contribution in [1.29, 1.82) is 0 Å². The predicted molar refractivity (Wildman–Crippen MR) is 104 cm³/mol. The summed E-state index contributed by atoms with van der Waals surface area (Å²) in [4.78, 5) is 38.0. The molecule has 1 amide bonds. The lowest BCUT2D eigenvalue weighted by Crippen LogP contribution is -2.20. The van der Waals surface area contributed by atoms with E-state index in [0.717, 1.165) is 0 Å². The second-order valence-corrected chi connectivity index (χ2v) is 6.65. The highest BCUT2D eigenvalue weighted by Crippen LogP contribution is 2.23. The van der Waals surface area contributed by atoms with Crippen LogP contribution in [-0.4, -0.2) is 64.7 Å². The van der Waals surface area contributed by atoms with Gasteiger partial charge in [-0.15, -0.1) is 0 Å². The fourth-order valence-electron chi connectivity index (χ4n) is 2.85. The molecule has 0 aromatic carbocycles. The molecule has 3 rings (SSSR count). The lowest BCUT2D eigenvalue weighted by Gasteiger charge is -2.10. The van der Waals surface area contributed by atoms with Crippen LogP contribution in [0, 0.1) is 13.8 Å². The summed E-state index contributed by atoms with van der Waals surface area (Å²) < 4.78 is 5.35. The van der Waals surface area contributed by atoms with E-state index in [0.29, 0.717) is 52.6 Å². The van der Waals surface area contributed by atoms with Gasteiger partial charge < -0.3 is 14.6 Å². The molecule has 1 aliphatic rings. The van der Waals surface area contributed by atoms with Gasteiger partial charge in [-0.05, 0) is 39.6 Å². The Hall–Kier alpha value is -3.33. The van der Waals surface area contributed by atoms with E-state index in [9.17, 15) is 9.59 Å². The van der Waals surface area contributed by atoms with Gasteiger partial charge in [-0.3, -0.25) is 14.8 Å². The van der Waals surface area contributed by atoms with Gasteiger partial charge in [-0.1, -0.05) is 0 Å². The summed E-state index contributed by atoms with van der Waals surface area (Å²) in [6, 6.07) is 0. The summed E-state index contributed by atoms with van der Waals surface area (Å²) in [5, 5.41) is 4.05. The number of rotatable bonds is 6. The maximum Gasteiger partial charge on any atom is 0.340 e. The van der Waals surface area contributed by atoms with Crippen LogP contribution in [0.5, 0.6) is 0 Å². The van der Waals surface area contributed by atoms with Crippen molar-refractivity contribution in [1.82, 2.24) is 25.3 Å². The van der Waals surface area contributed by atoms with Gasteiger partial charge in [0.15, 0.2) is 0 Å². The van der Waals surface area contributed by atoms with E-state index < -0.39 is 5.97 Å². The first-order valence-corrected chi connectivity index (χ1v) is 8.76. The molecule has 2 N–H and O–H groups in total. The second-order valence-electron chi connectivity index (χ2n) is 6.65. The maximum absolute atomic E-state index is 12.5. The molecule has 0 saturated carbocycles. The molecule has 9 nitrogen and oxygen atoms in total. The highest BCUT2D eigenvalue weighted by molar-refractivity contribution is 6.32. The predicted octanol–water partition coefficient (Wildman–Crippen LogP) is 1.06. The van der Waals surface area contributed by atoms with Gasteiger partial charge in [0.25, 0.3) is 5.91 Å².